The Hall–Kier alpha value is -2.61. The Morgan fingerprint density at radius 1 is 1.31 bits per heavy atom. The number of hydrogen-bond donors (Lipinski definition) is 3. The number of aliphatic carboxylic acids is 1. The minimum absolute atomic E-state index is 0.173. The van der Waals surface area contributed by atoms with Crippen LogP contribution in [0.5, 0.6) is 0 Å². The number of carbonyl (C=O) groups excluding carboxylic acids is 1. The molecule has 2 aliphatic rings. The average Bonchev–Trinajstić information content (AvgIpc) is 3.29. The molecule has 0 bridgehead atoms. The van der Waals surface area contributed by atoms with Crippen LogP contribution in [0.2, 0.25) is 0 Å². The third kappa shape index (κ3) is 2.90. The summed E-state index contributed by atoms with van der Waals surface area (Å²) in [5.74, 6) is -0.260. The first-order chi connectivity index (χ1) is 12.6. The lowest BCUT2D eigenvalue weighted by molar-refractivity contribution is -0.148. The standard InChI is InChI=1S/C18H22N4O4/c23-16(24)18(7-10-26-11-8-18)21-17(25)22-9-3-6-14(22)15-19-12-4-1-2-5-13(12)20-15/h1-2,4-5,14H,3,6-11H2,(H,19,20)(H,21,25)(H,23,24). The van der Waals surface area contributed by atoms with Crippen molar-refractivity contribution in [3.63, 3.8) is 0 Å². The Morgan fingerprint density at radius 3 is 2.81 bits per heavy atom. The van der Waals surface area contributed by atoms with Gasteiger partial charge < -0.3 is 25.0 Å². The van der Waals surface area contributed by atoms with Crippen LogP contribution < -0.4 is 5.32 Å². The summed E-state index contributed by atoms with van der Waals surface area (Å²) in [5, 5.41) is 12.4. The molecule has 4 rings (SSSR count). The first-order valence-electron chi connectivity index (χ1n) is 8.94. The van der Waals surface area contributed by atoms with E-state index in [1.54, 1.807) is 4.90 Å². The van der Waals surface area contributed by atoms with Gasteiger partial charge in [-0.05, 0) is 25.0 Å². The van der Waals surface area contributed by atoms with Crippen molar-refractivity contribution in [3.05, 3.63) is 30.1 Å². The van der Waals surface area contributed by atoms with Crippen molar-refractivity contribution in [3.8, 4) is 0 Å². The fourth-order valence-electron chi connectivity index (χ4n) is 3.81. The summed E-state index contributed by atoms with van der Waals surface area (Å²) in [6.07, 6.45) is 2.21. The lowest BCUT2D eigenvalue weighted by Gasteiger charge is -2.36. The van der Waals surface area contributed by atoms with Crippen LogP contribution in [0.25, 0.3) is 11.0 Å². The first-order valence-corrected chi connectivity index (χ1v) is 8.94. The van der Waals surface area contributed by atoms with Gasteiger partial charge in [0.1, 0.15) is 11.4 Å². The fraction of sp³-hybridized carbons (Fsp3) is 0.500. The number of aromatic amines is 1. The molecule has 2 amide bonds. The summed E-state index contributed by atoms with van der Waals surface area (Å²) < 4.78 is 5.26. The maximum absolute atomic E-state index is 12.9. The van der Waals surface area contributed by atoms with E-state index in [2.05, 4.69) is 15.3 Å². The van der Waals surface area contributed by atoms with E-state index in [-0.39, 0.29) is 24.9 Å². The highest BCUT2D eigenvalue weighted by Crippen LogP contribution is 2.32. The van der Waals surface area contributed by atoms with Gasteiger partial charge in [-0.15, -0.1) is 0 Å². The zero-order valence-corrected chi connectivity index (χ0v) is 14.4. The zero-order valence-electron chi connectivity index (χ0n) is 14.4. The van der Waals surface area contributed by atoms with Crippen molar-refractivity contribution in [2.45, 2.75) is 37.3 Å². The lowest BCUT2D eigenvalue weighted by Crippen LogP contribution is -2.60. The van der Waals surface area contributed by atoms with Crippen molar-refractivity contribution in [2.24, 2.45) is 0 Å². The van der Waals surface area contributed by atoms with E-state index in [0.717, 1.165) is 29.7 Å². The molecule has 0 spiro atoms. The summed E-state index contributed by atoms with van der Waals surface area (Å²) in [7, 11) is 0. The number of H-pyrrole nitrogens is 1. The maximum atomic E-state index is 12.9. The molecule has 0 aliphatic carbocycles. The van der Waals surface area contributed by atoms with Crippen molar-refractivity contribution >= 4 is 23.0 Å². The molecule has 2 aliphatic heterocycles. The Labute approximate surface area is 150 Å². The van der Waals surface area contributed by atoms with Crippen LogP contribution in [0.15, 0.2) is 24.3 Å². The topological polar surface area (TPSA) is 108 Å². The quantitative estimate of drug-likeness (QED) is 0.778. The number of carbonyl (C=O) groups is 2. The number of nitrogens with zero attached hydrogens (tertiary/aromatic N) is 2. The van der Waals surface area contributed by atoms with E-state index < -0.39 is 11.5 Å². The minimum atomic E-state index is -1.25. The van der Waals surface area contributed by atoms with E-state index in [1.165, 1.54) is 0 Å². The predicted molar refractivity (Wildman–Crippen MR) is 93.7 cm³/mol. The molecule has 1 unspecified atom stereocenters. The number of nitrogens with one attached hydrogen (secondary N) is 2. The Kier molecular flexibility index (Phi) is 4.28. The number of carboxylic acids is 1. The molecule has 8 heteroatoms. The molecular weight excluding hydrogens is 336 g/mol. The number of benzene rings is 1. The van der Waals surface area contributed by atoms with E-state index in [4.69, 9.17) is 4.74 Å². The van der Waals surface area contributed by atoms with E-state index in [0.29, 0.717) is 19.8 Å². The Bertz CT molecular complexity index is 794. The number of fused-ring (bicyclic) bond motifs is 1. The highest BCUT2D eigenvalue weighted by Gasteiger charge is 2.44. The van der Waals surface area contributed by atoms with Crippen LogP contribution >= 0.6 is 0 Å². The van der Waals surface area contributed by atoms with Gasteiger partial charge in [0, 0.05) is 32.6 Å². The zero-order chi connectivity index (χ0) is 18.1. The van der Waals surface area contributed by atoms with Crippen LogP contribution in [0.3, 0.4) is 0 Å². The maximum Gasteiger partial charge on any atom is 0.329 e. The largest absolute Gasteiger partial charge is 0.480 e. The molecule has 0 radical (unpaired) electrons. The summed E-state index contributed by atoms with van der Waals surface area (Å²) in [6.45, 7) is 1.25. The summed E-state index contributed by atoms with van der Waals surface area (Å²) in [6, 6.07) is 7.22. The second-order valence-corrected chi connectivity index (χ2v) is 6.92. The Morgan fingerprint density at radius 2 is 2.08 bits per heavy atom. The molecule has 1 aromatic carbocycles. The molecular formula is C18H22N4O4. The van der Waals surface area contributed by atoms with Gasteiger partial charge in [0.25, 0.3) is 0 Å². The number of likely N-dealkylation sites (tertiary alicyclic amines) is 1. The highest BCUT2D eigenvalue weighted by atomic mass is 16.5. The predicted octanol–water partition coefficient (Wildman–Crippen LogP) is 2.04. The van der Waals surface area contributed by atoms with E-state index in [9.17, 15) is 14.7 Å². The number of hydrogen-bond acceptors (Lipinski definition) is 4. The van der Waals surface area contributed by atoms with Gasteiger partial charge in [0.2, 0.25) is 0 Å². The third-order valence-electron chi connectivity index (χ3n) is 5.34. The monoisotopic (exact) mass is 358 g/mol. The third-order valence-corrected chi connectivity index (χ3v) is 5.34. The molecule has 3 heterocycles. The lowest BCUT2D eigenvalue weighted by atomic mass is 9.90. The molecule has 0 saturated carbocycles. The number of imidazole rings is 1. The van der Waals surface area contributed by atoms with E-state index in [1.807, 2.05) is 24.3 Å². The minimum Gasteiger partial charge on any atom is -0.480 e. The van der Waals surface area contributed by atoms with Crippen molar-refractivity contribution in [2.75, 3.05) is 19.8 Å². The van der Waals surface area contributed by atoms with Crippen LogP contribution in [-0.4, -0.2) is 57.3 Å². The smallest absolute Gasteiger partial charge is 0.329 e. The van der Waals surface area contributed by atoms with Gasteiger partial charge in [-0.1, -0.05) is 12.1 Å². The van der Waals surface area contributed by atoms with Crippen molar-refractivity contribution < 1.29 is 19.4 Å². The number of rotatable bonds is 3. The Balaban J connectivity index is 1.55. The van der Waals surface area contributed by atoms with Gasteiger partial charge in [-0.25, -0.2) is 14.6 Å². The SMILES string of the molecule is O=C(NC1(C(=O)O)CCOCC1)N1CCCC1c1nc2ccccc2[nH]1. The number of urea groups is 1. The van der Waals surface area contributed by atoms with Crippen LogP contribution in [-0.2, 0) is 9.53 Å². The first kappa shape index (κ1) is 16.8. The summed E-state index contributed by atoms with van der Waals surface area (Å²) in [5.41, 5.74) is 0.540. The molecule has 3 N–H and O–H groups in total. The van der Waals surface area contributed by atoms with Crippen molar-refractivity contribution in [1.29, 1.82) is 0 Å². The molecule has 138 valence electrons. The number of carboxylic acid groups (broad SMARTS) is 1. The van der Waals surface area contributed by atoms with Crippen LogP contribution in [0, 0.1) is 0 Å². The van der Waals surface area contributed by atoms with Crippen molar-refractivity contribution in [1.82, 2.24) is 20.2 Å². The second kappa shape index (κ2) is 6.60. The molecule has 2 fully saturated rings. The number of aromatic nitrogens is 2. The molecule has 2 aromatic rings. The summed E-state index contributed by atoms with van der Waals surface area (Å²) >= 11 is 0. The molecule has 1 atom stereocenters. The number of para-hydroxylation sites is 2. The average molecular weight is 358 g/mol. The highest BCUT2D eigenvalue weighted by molar-refractivity contribution is 5.86. The normalized spacial score (nSPS) is 22.5. The molecule has 1 aromatic heterocycles. The van der Waals surface area contributed by atoms with Gasteiger partial charge in [0.15, 0.2) is 0 Å². The van der Waals surface area contributed by atoms with Gasteiger partial charge in [0.05, 0.1) is 17.1 Å². The molecule has 2 saturated heterocycles. The fourth-order valence-corrected chi connectivity index (χ4v) is 3.81. The van der Waals surface area contributed by atoms with E-state index >= 15 is 0 Å². The van der Waals surface area contributed by atoms with Crippen LogP contribution in [0.1, 0.15) is 37.5 Å². The number of amides is 2. The van der Waals surface area contributed by atoms with Gasteiger partial charge >= 0.3 is 12.0 Å². The molecule has 26 heavy (non-hydrogen) atoms. The van der Waals surface area contributed by atoms with Gasteiger partial charge in [-0.3, -0.25) is 0 Å². The number of ether oxygens (including phenoxy) is 1. The van der Waals surface area contributed by atoms with Gasteiger partial charge in [-0.2, -0.15) is 0 Å². The van der Waals surface area contributed by atoms with Crippen LogP contribution in [0.4, 0.5) is 4.79 Å². The molecule has 8 nitrogen and oxygen atoms in total. The second-order valence-electron chi connectivity index (χ2n) is 6.92. The summed E-state index contributed by atoms with van der Waals surface area (Å²) in [4.78, 5) is 34.3.